The average Bonchev–Trinajstić information content (AvgIpc) is 3.19. The first-order valence-electron chi connectivity index (χ1n) is 8.16. The van der Waals surface area contributed by atoms with E-state index >= 15 is 0 Å². The SMILES string of the molecule is COc1ccccc1Nc1nnc(SCC(=O)NNC(=O)c2ccccc2)s1. The highest BCUT2D eigenvalue weighted by Crippen LogP contribution is 2.31. The molecular weight excluding hydrogens is 398 g/mol. The number of hydrogen-bond acceptors (Lipinski definition) is 8. The van der Waals surface area contributed by atoms with Crippen molar-refractivity contribution in [3.63, 3.8) is 0 Å². The number of para-hydroxylation sites is 2. The van der Waals surface area contributed by atoms with Crippen molar-refractivity contribution in [1.29, 1.82) is 0 Å². The van der Waals surface area contributed by atoms with Crippen LogP contribution >= 0.6 is 23.1 Å². The predicted molar refractivity (Wildman–Crippen MR) is 109 cm³/mol. The van der Waals surface area contributed by atoms with Crippen molar-refractivity contribution in [2.45, 2.75) is 4.34 Å². The third-order valence-electron chi connectivity index (χ3n) is 3.43. The maximum absolute atomic E-state index is 11.9. The van der Waals surface area contributed by atoms with E-state index in [-0.39, 0.29) is 17.6 Å². The van der Waals surface area contributed by atoms with Crippen molar-refractivity contribution < 1.29 is 14.3 Å². The number of nitrogens with zero attached hydrogens (tertiary/aromatic N) is 2. The molecule has 0 unspecified atom stereocenters. The zero-order valence-electron chi connectivity index (χ0n) is 14.8. The number of methoxy groups -OCH3 is 1. The van der Waals surface area contributed by atoms with Crippen molar-refractivity contribution >= 4 is 45.7 Å². The third-order valence-corrected chi connectivity index (χ3v) is 5.41. The Balaban J connectivity index is 1.46. The molecule has 0 spiro atoms. The number of ether oxygens (including phenoxy) is 1. The van der Waals surface area contributed by atoms with Crippen LogP contribution in [0.25, 0.3) is 0 Å². The number of carbonyl (C=O) groups is 2. The summed E-state index contributed by atoms with van der Waals surface area (Å²) >= 11 is 2.54. The van der Waals surface area contributed by atoms with Crippen molar-refractivity contribution in [3.05, 3.63) is 60.2 Å². The summed E-state index contributed by atoms with van der Waals surface area (Å²) in [6.07, 6.45) is 0. The lowest BCUT2D eigenvalue weighted by molar-refractivity contribution is -0.119. The molecule has 0 saturated carbocycles. The van der Waals surface area contributed by atoms with Crippen LogP contribution in [0.3, 0.4) is 0 Å². The number of aromatic nitrogens is 2. The summed E-state index contributed by atoms with van der Waals surface area (Å²) in [4.78, 5) is 23.8. The molecule has 10 heteroatoms. The van der Waals surface area contributed by atoms with Crippen LogP contribution in [0.4, 0.5) is 10.8 Å². The maximum Gasteiger partial charge on any atom is 0.269 e. The first kappa shape index (κ1) is 19.6. The molecule has 2 amide bonds. The van der Waals surface area contributed by atoms with Crippen LogP contribution in [0.1, 0.15) is 10.4 Å². The fraction of sp³-hybridized carbons (Fsp3) is 0.111. The van der Waals surface area contributed by atoms with Gasteiger partial charge in [-0.2, -0.15) is 0 Å². The van der Waals surface area contributed by atoms with E-state index in [1.807, 2.05) is 30.3 Å². The molecular formula is C18H17N5O3S2. The second-order valence-corrected chi connectivity index (χ2v) is 7.56. The van der Waals surface area contributed by atoms with Crippen LogP contribution in [0.5, 0.6) is 5.75 Å². The molecule has 2 aromatic carbocycles. The van der Waals surface area contributed by atoms with Gasteiger partial charge in [-0.25, -0.2) is 0 Å². The minimum absolute atomic E-state index is 0.0956. The Morgan fingerprint density at radius 2 is 1.79 bits per heavy atom. The highest BCUT2D eigenvalue weighted by molar-refractivity contribution is 8.01. The summed E-state index contributed by atoms with van der Waals surface area (Å²) in [6, 6.07) is 16.1. The van der Waals surface area contributed by atoms with Crippen LogP contribution in [-0.4, -0.2) is 34.9 Å². The Hall–Kier alpha value is -3.11. The second-order valence-electron chi connectivity index (χ2n) is 5.36. The van der Waals surface area contributed by atoms with E-state index in [0.717, 1.165) is 5.69 Å². The molecule has 3 rings (SSSR count). The number of nitrogens with one attached hydrogen (secondary N) is 3. The molecule has 1 heterocycles. The van der Waals surface area contributed by atoms with Crippen LogP contribution < -0.4 is 20.9 Å². The largest absolute Gasteiger partial charge is 0.495 e. The van der Waals surface area contributed by atoms with E-state index in [9.17, 15) is 9.59 Å². The molecule has 0 fully saturated rings. The number of thioether (sulfide) groups is 1. The topological polar surface area (TPSA) is 105 Å². The van der Waals surface area contributed by atoms with E-state index in [0.29, 0.717) is 20.8 Å². The summed E-state index contributed by atoms with van der Waals surface area (Å²) < 4.78 is 5.91. The van der Waals surface area contributed by atoms with Crippen molar-refractivity contribution in [3.8, 4) is 5.75 Å². The number of benzene rings is 2. The van der Waals surface area contributed by atoms with Gasteiger partial charge in [0.15, 0.2) is 4.34 Å². The lowest BCUT2D eigenvalue weighted by atomic mass is 10.2. The number of carbonyl (C=O) groups excluding carboxylic acids is 2. The summed E-state index contributed by atoms with van der Waals surface area (Å²) in [5, 5.41) is 11.8. The van der Waals surface area contributed by atoms with Crippen molar-refractivity contribution in [1.82, 2.24) is 21.0 Å². The molecule has 28 heavy (non-hydrogen) atoms. The quantitative estimate of drug-likeness (QED) is 0.402. The van der Waals surface area contributed by atoms with E-state index < -0.39 is 0 Å². The Kier molecular flexibility index (Phi) is 6.82. The van der Waals surface area contributed by atoms with Gasteiger partial charge in [-0.1, -0.05) is 53.4 Å². The van der Waals surface area contributed by atoms with Gasteiger partial charge in [-0.15, -0.1) is 10.2 Å². The molecule has 0 bridgehead atoms. The number of anilines is 2. The molecule has 0 radical (unpaired) electrons. The third kappa shape index (κ3) is 5.44. The Morgan fingerprint density at radius 1 is 1.04 bits per heavy atom. The minimum atomic E-state index is -0.377. The Bertz CT molecular complexity index is 949. The number of hydrazine groups is 1. The van der Waals surface area contributed by atoms with Crippen LogP contribution in [-0.2, 0) is 4.79 Å². The van der Waals surface area contributed by atoms with E-state index in [4.69, 9.17) is 4.74 Å². The summed E-state index contributed by atoms with van der Waals surface area (Å²) in [5.74, 6) is 0.0700. The van der Waals surface area contributed by atoms with E-state index in [1.165, 1.54) is 23.1 Å². The number of amides is 2. The normalized spacial score (nSPS) is 10.2. The monoisotopic (exact) mass is 415 g/mol. The summed E-state index contributed by atoms with van der Waals surface area (Å²) in [5.41, 5.74) is 5.99. The van der Waals surface area contributed by atoms with Crippen LogP contribution in [0, 0.1) is 0 Å². The predicted octanol–water partition coefficient (Wildman–Crippen LogP) is 2.84. The zero-order valence-corrected chi connectivity index (χ0v) is 16.5. The Morgan fingerprint density at radius 3 is 2.57 bits per heavy atom. The first-order valence-corrected chi connectivity index (χ1v) is 9.96. The average molecular weight is 416 g/mol. The molecule has 0 saturated heterocycles. The highest BCUT2D eigenvalue weighted by Gasteiger charge is 2.11. The van der Waals surface area contributed by atoms with Gasteiger partial charge in [0.2, 0.25) is 11.0 Å². The molecule has 8 nitrogen and oxygen atoms in total. The fourth-order valence-electron chi connectivity index (χ4n) is 2.13. The molecule has 0 aliphatic rings. The van der Waals surface area contributed by atoms with Crippen LogP contribution in [0.15, 0.2) is 58.9 Å². The minimum Gasteiger partial charge on any atom is -0.495 e. The standard InChI is InChI=1S/C18H17N5O3S2/c1-26-14-10-6-5-9-13(14)19-17-22-23-18(28-17)27-11-15(24)20-21-16(25)12-7-3-2-4-8-12/h2-10H,11H2,1H3,(H,19,22)(H,20,24)(H,21,25). The zero-order chi connectivity index (χ0) is 19.8. The van der Waals surface area contributed by atoms with Crippen LogP contribution in [0.2, 0.25) is 0 Å². The molecule has 0 aliphatic heterocycles. The van der Waals surface area contributed by atoms with Gasteiger partial charge in [-0.05, 0) is 24.3 Å². The number of hydrogen-bond donors (Lipinski definition) is 3. The van der Waals surface area contributed by atoms with E-state index in [1.54, 1.807) is 31.4 Å². The maximum atomic E-state index is 11.9. The van der Waals surface area contributed by atoms with Gasteiger partial charge in [0, 0.05) is 5.56 Å². The fourth-order valence-corrected chi connectivity index (χ4v) is 3.70. The van der Waals surface area contributed by atoms with Crippen molar-refractivity contribution in [2.75, 3.05) is 18.2 Å². The second kappa shape index (κ2) is 9.72. The lowest BCUT2D eigenvalue weighted by Gasteiger charge is -2.07. The summed E-state index contributed by atoms with van der Waals surface area (Å²) in [7, 11) is 1.59. The van der Waals surface area contributed by atoms with Gasteiger partial charge in [-0.3, -0.25) is 20.4 Å². The highest BCUT2D eigenvalue weighted by atomic mass is 32.2. The van der Waals surface area contributed by atoms with E-state index in [2.05, 4.69) is 26.4 Å². The first-order chi connectivity index (χ1) is 13.7. The van der Waals surface area contributed by atoms with Gasteiger partial charge in [0.05, 0.1) is 18.6 Å². The Labute approximate surface area is 169 Å². The summed E-state index contributed by atoms with van der Waals surface area (Å²) in [6.45, 7) is 0. The molecule has 3 aromatic rings. The molecule has 1 aromatic heterocycles. The van der Waals surface area contributed by atoms with Gasteiger partial charge in [0.1, 0.15) is 5.75 Å². The smallest absolute Gasteiger partial charge is 0.269 e. The molecule has 144 valence electrons. The van der Waals surface area contributed by atoms with Gasteiger partial charge >= 0.3 is 0 Å². The molecule has 3 N–H and O–H groups in total. The van der Waals surface area contributed by atoms with Crippen molar-refractivity contribution in [2.24, 2.45) is 0 Å². The van der Waals surface area contributed by atoms with Gasteiger partial charge < -0.3 is 10.1 Å². The number of rotatable bonds is 7. The lowest BCUT2D eigenvalue weighted by Crippen LogP contribution is -2.42. The molecule has 0 atom stereocenters. The van der Waals surface area contributed by atoms with Gasteiger partial charge in [0.25, 0.3) is 5.91 Å². The molecule has 0 aliphatic carbocycles.